The molecular weight excluding hydrogens is 263 g/mol. The zero-order valence-corrected chi connectivity index (χ0v) is 12.6. The monoisotopic (exact) mass is 286 g/mol. The first-order valence-corrected chi connectivity index (χ1v) is 7.39. The maximum Gasteiger partial charge on any atom is 0.123 e. The van der Waals surface area contributed by atoms with E-state index in [1.54, 1.807) is 12.1 Å². The molecule has 0 radical (unpaired) electrons. The Labute approximate surface area is 126 Å². The molecule has 112 valence electrons. The maximum atomic E-state index is 12.9. The molecule has 2 rings (SSSR count). The second-order valence-corrected chi connectivity index (χ2v) is 5.78. The summed E-state index contributed by atoms with van der Waals surface area (Å²) in [6, 6.07) is 14.9. The summed E-state index contributed by atoms with van der Waals surface area (Å²) in [5.41, 5.74) is 9.22. The van der Waals surface area contributed by atoms with Gasteiger partial charge < -0.3 is 11.1 Å². The average molecular weight is 286 g/mol. The smallest absolute Gasteiger partial charge is 0.123 e. The number of rotatable bonds is 6. The Balaban J connectivity index is 2.08. The summed E-state index contributed by atoms with van der Waals surface area (Å²) in [7, 11) is 0. The van der Waals surface area contributed by atoms with Crippen LogP contribution in [0.5, 0.6) is 0 Å². The summed E-state index contributed by atoms with van der Waals surface area (Å²) in [5, 5.41) is 3.34. The fourth-order valence-electron chi connectivity index (χ4n) is 2.38. The van der Waals surface area contributed by atoms with Gasteiger partial charge in [-0.25, -0.2) is 4.39 Å². The number of nitrogens with one attached hydrogen (secondary N) is 1. The summed E-state index contributed by atoms with van der Waals surface area (Å²) in [4.78, 5) is 0. The van der Waals surface area contributed by atoms with Crippen molar-refractivity contribution in [2.24, 2.45) is 11.7 Å². The van der Waals surface area contributed by atoms with E-state index in [0.717, 1.165) is 17.7 Å². The fraction of sp³-hybridized carbons (Fsp3) is 0.333. The predicted octanol–water partition coefficient (Wildman–Crippen LogP) is 4.14. The van der Waals surface area contributed by atoms with Crippen molar-refractivity contribution in [3.05, 3.63) is 65.5 Å². The molecule has 1 atom stereocenters. The highest BCUT2D eigenvalue weighted by atomic mass is 19.1. The lowest BCUT2D eigenvalue weighted by atomic mass is 9.99. The van der Waals surface area contributed by atoms with E-state index in [4.69, 9.17) is 5.73 Å². The lowest BCUT2D eigenvalue weighted by Crippen LogP contribution is -2.20. The van der Waals surface area contributed by atoms with E-state index < -0.39 is 0 Å². The summed E-state index contributed by atoms with van der Waals surface area (Å²) in [6.07, 6.45) is 1.08. The Morgan fingerprint density at radius 3 is 2.14 bits per heavy atom. The van der Waals surface area contributed by atoms with Crippen LogP contribution in [-0.4, -0.2) is 6.54 Å². The number of hydrogen-bond donors (Lipinski definition) is 2. The molecule has 0 heterocycles. The van der Waals surface area contributed by atoms with Gasteiger partial charge in [0.15, 0.2) is 0 Å². The lowest BCUT2D eigenvalue weighted by Gasteiger charge is -2.19. The maximum absolute atomic E-state index is 12.9. The summed E-state index contributed by atoms with van der Waals surface area (Å²) >= 11 is 0. The molecule has 0 spiro atoms. The highest BCUT2D eigenvalue weighted by molar-refractivity contribution is 5.45. The molecule has 3 N–H and O–H groups in total. The van der Waals surface area contributed by atoms with Crippen LogP contribution in [0.15, 0.2) is 48.5 Å². The van der Waals surface area contributed by atoms with Crippen molar-refractivity contribution in [2.45, 2.75) is 26.3 Å². The standard InChI is InChI=1S/C18H23FN2/c1-13(2)11-14-3-5-15(6-4-14)18(12-20)21-17-9-7-16(19)8-10-17/h3-10,13,18,21H,11-12,20H2,1-2H3. The molecule has 0 saturated carbocycles. The number of benzene rings is 2. The van der Waals surface area contributed by atoms with Gasteiger partial charge in [0.25, 0.3) is 0 Å². The second kappa shape index (κ2) is 7.23. The van der Waals surface area contributed by atoms with Crippen molar-refractivity contribution in [3.8, 4) is 0 Å². The predicted molar refractivity (Wildman–Crippen MR) is 86.8 cm³/mol. The van der Waals surface area contributed by atoms with Gasteiger partial charge in [-0.15, -0.1) is 0 Å². The van der Waals surface area contributed by atoms with Crippen molar-refractivity contribution >= 4 is 5.69 Å². The lowest BCUT2D eigenvalue weighted by molar-refractivity contribution is 0.628. The van der Waals surface area contributed by atoms with Gasteiger partial charge in [-0.3, -0.25) is 0 Å². The number of halogens is 1. The minimum atomic E-state index is -0.233. The van der Waals surface area contributed by atoms with Crippen molar-refractivity contribution < 1.29 is 4.39 Å². The molecule has 21 heavy (non-hydrogen) atoms. The van der Waals surface area contributed by atoms with E-state index in [2.05, 4.69) is 43.4 Å². The Morgan fingerprint density at radius 1 is 1.00 bits per heavy atom. The van der Waals surface area contributed by atoms with E-state index >= 15 is 0 Å². The molecular formula is C18H23FN2. The molecule has 0 aromatic heterocycles. The highest BCUT2D eigenvalue weighted by Crippen LogP contribution is 2.20. The summed E-state index contributed by atoms with van der Waals surface area (Å²) in [5.74, 6) is 0.418. The molecule has 2 nitrogen and oxygen atoms in total. The average Bonchev–Trinajstić information content (AvgIpc) is 2.47. The van der Waals surface area contributed by atoms with Crippen LogP contribution >= 0.6 is 0 Å². The van der Waals surface area contributed by atoms with Crippen molar-refractivity contribution in [3.63, 3.8) is 0 Å². The Bertz CT molecular complexity index is 546. The van der Waals surface area contributed by atoms with Crippen LogP contribution in [0.3, 0.4) is 0 Å². The molecule has 0 fully saturated rings. The number of hydrogen-bond acceptors (Lipinski definition) is 2. The van der Waals surface area contributed by atoms with Gasteiger partial charge in [0.2, 0.25) is 0 Å². The molecule has 0 saturated heterocycles. The van der Waals surface area contributed by atoms with E-state index in [1.807, 2.05) is 0 Å². The zero-order chi connectivity index (χ0) is 15.2. The largest absolute Gasteiger partial charge is 0.377 e. The van der Waals surface area contributed by atoms with Gasteiger partial charge in [0.1, 0.15) is 5.82 Å². The second-order valence-electron chi connectivity index (χ2n) is 5.78. The van der Waals surface area contributed by atoms with Crippen LogP contribution in [0.4, 0.5) is 10.1 Å². The van der Waals surface area contributed by atoms with Crippen LogP contribution in [0.25, 0.3) is 0 Å². The Hall–Kier alpha value is -1.87. The Kier molecular flexibility index (Phi) is 5.34. The normalized spacial score (nSPS) is 12.4. The first kappa shape index (κ1) is 15.5. The third-order valence-corrected chi connectivity index (χ3v) is 3.45. The van der Waals surface area contributed by atoms with Crippen LogP contribution in [0.2, 0.25) is 0 Å². The van der Waals surface area contributed by atoms with E-state index in [0.29, 0.717) is 12.5 Å². The molecule has 2 aromatic carbocycles. The van der Waals surface area contributed by atoms with E-state index in [-0.39, 0.29) is 11.9 Å². The SMILES string of the molecule is CC(C)Cc1ccc(C(CN)Nc2ccc(F)cc2)cc1. The molecule has 0 aliphatic heterocycles. The van der Waals surface area contributed by atoms with Crippen LogP contribution in [0, 0.1) is 11.7 Å². The van der Waals surface area contributed by atoms with Gasteiger partial charge in [0.05, 0.1) is 6.04 Å². The zero-order valence-electron chi connectivity index (χ0n) is 12.6. The van der Waals surface area contributed by atoms with Crippen LogP contribution in [-0.2, 0) is 6.42 Å². The van der Waals surface area contributed by atoms with Crippen molar-refractivity contribution in [2.75, 3.05) is 11.9 Å². The minimum Gasteiger partial charge on any atom is -0.377 e. The molecule has 3 heteroatoms. The highest BCUT2D eigenvalue weighted by Gasteiger charge is 2.09. The molecule has 2 aromatic rings. The first-order chi connectivity index (χ1) is 10.1. The van der Waals surface area contributed by atoms with Gasteiger partial charge in [0, 0.05) is 12.2 Å². The van der Waals surface area contributed by atoms with Gasteiger partial charge in [-0.2, -0.15) is 0 Å². The minimum absolute atomic E-state index is 0.0311. The molecule has 0 amide bonds. The third-order valence-electron chi connectivity index (χ3n) is 3.45. The molecule has 0 aliphatic rings. The van der Waals surface area contributed by atoms with Crippen LogP contribution < -0.4 is 11.1 Å². The van der Waals surface area contributed by atoms with Gasteiger partial charge in [-0.05, 0) is 47.7 Å². The fourth-order valence-corrected chi connectivity index (χ4v) is 2.38. The number of nitrogens with two attached hydrogens (primary N) is 1. The topological polar surface area (TPSA) is 38.0 Å². The molecule has 1 unspecified atom stereocenters. The summed E-state index contributed by atoms with van der Waals surface area (Å²) < 4.78 is 12.9. The number of anilines is 1. The van der Waals surface area contributed by atoms with Gasteiger partial charge in [-0.1, -0.05) is 38.1 Å². The van der Waals surface area contributed by atoms with E-state index in [9.17, 15) is 4.39 Å². The molecule has 0 aliphatic carbocycles. The first-order valence-electron chi connectivity index (χ1n) is 7.39. The quantitative estimate of drug-likeness (QED) is 0.837. The van der Waals surface area contributed by atoms with E-state index in [1.165, 1.54) is 17.7 Å². The summed E-state index contributed by atoms with van der Waals surface area (Å²) in [6.45, 7) is 4.92. The van der Waals surface area contributed by atoms with Gasteiger partial charge >= 0.3 is 0 Å². The Morgan fingerprint density at radius 2 is 1.62 bits per heavy atom. The van der Waals surface area contributed by atoms with Crippen molar-refractivity contribution in [1.82, 2.24) is 0 Å². The van der Waals surface area contributed by atoms with Crippen molar-refractivity contribution in [1.29, 1.82) is 0 Å². The third kappa shape index (κ3) is 4.57. The van der Waals surface area contributed by atoms with Crippen LogP contribution in [0.1, 0.15) is 31.0 Å². The molecule has 0 bridgehead atoms.